The fourth-order valence-corrected chi connectivity index (χ4v) is 4.29. The molecular weight excluding hydrogens is 276 g/mol. The first-order chi connectivity index (χ1) is 9.65. The van der Waals surface area contributed by atoms with E-state index < -0.39 is 5.92 Å². The number of nitriles is 1. The molecule has 1 saturated heterocycles. The molecule has 104 valence electrons. The van der Waals surface area contributed by atoms with Crippen LogP contribution in [0.15, 0.2) is 0 Å². The van der Waals surface area contributed by atoms with Gasteiger partial charge < -0.3 is 9.64 Å². The minimum absolute atomic E-state index is 0.100. The third-order valence-electron chi connectivity index (χ3n) is 3.92. The van der Waals surface area contributed by atoms with Crippen LogP contribution in [0.1, 0.15) is 28.8 Å². The lowest BCUT2D eigenvalue weighted by Gasteiger charge is -2.15. The number of nitrogens with zero attached hydrogens (tertiary/aromatic N) is 2. The number of amides is 1. The van der Waals surface area contributed by atoms with E-state index in [1.165, 1.54) is 23.3 Å². The highest BCUT2D eigenvalue weighted by molar-refractivity contribution is 7.16. The van der Waals surface area contributed by atoms with Gasteiger partial charge in [0, 0.05) is 17.8 Å². The van der Waals surface area contributed by atoms with Crippen molar-refractivity contribution in [1.82, 2.24) is 0 Å². The molecule has 3 rings (SSSR count). The molecule has 0 bridgehead atoms. The topological polar surface area (TPSA) is 70.4 Å². The van der Waals surface area contributed by atoms with E-state index in [0.717, 1.165) is 24.8 Å². The van der Waals surface area contributed by atoms with Gasteiger partial charge in [0.25, 0.3) is 0 Å². The molecule has 1 fully saturated rings. The predicted molar refractivity (Wildman–Crippen MR) is 73.5 cm³/mol. The van der Waals surface area contributed by atoms with Crippen LogP contribution < -0.4 is 4.90 Å². The molecule has 0 radical (unpaired) electrons. The van der Waals surface area contributed by atoms with Crippen molar-refractivity contribution in [3.63, 3.8) is 0 Å². The maximum absolute atomic E-state index is 12.1. The van der Waals surface area contributed by atoms with Crippen LogP contribution in [0.4, 0.5) is 5.00 Å². The SMILES string of the molecule is COC(=O)C1CC(=O)N(c2sc3c(c2C#N)CCC3)C1. The molecule has 0 spiro atoms. The van der Waals surface area contributed by atoms with Crippen molar-refractivity contribution in [3.8, 4) is 6.07 Å². The number of rotatable bonds is 2. The van der Waals surface area contributed by atoms with Gasteiger partial charge in [-0.15, -0.1) is 11.3 Å². The van der Waals surface area contributed by atoms with Crippen LogP contribution in [-0.4, -0.2) is 25.5 Å². The number of carbonyl (C=O) groups excluding carboxylic acids is 2. The summed E-state index contributed by atoms with van der Waals surface area (Å²) in [6.07, 6.45) is 3.14. The second-order valence-electron chi connectivity index (χ2n) is 5.08. The minimum Gasteiger partial charge on any atom is -0.469 e. The average molecular weight is 290 g/mol. The van der Waals surface area contributed by atoms with Crippen molar-refractivity contribution in [2.45, 2.75) is 25.7 Å². The van der Waals surface area contributed by atoms with Crippen LogP contribution >= 0.6 is 11.3 Å². The van der Waals surface area contributed by atoms with Gasteiger partial charge in [0.05, 0.1) is 18.6 Å². The lowest BCUT2D eigenvalue weighted by molar-refractivity contribution is -0.145. The number of carbonyl (C=O) groups is 2. The number of anilines is 1. The zero-order valence-electron chi connectivity index (χ0n) is 11.1. The number of thiophene rings is 1. The van der Waals surface area contributed by atoms with E-state index in [0.29, 0.717) is 17.1 Å². The summed E-state index contributed by atoms with van der Waals surface area (Å²) >= 11 is 1.53. The lowest BCUT2D eigenvalue weighted by atomic mass is 10.1. The predicted octanol–water partition coefficient (Wildman–Crippen LogP) is 1.63. The minimum atomic E-state index is -0.420. The Kier molecular flexibility index (Phi) is 3.22. The number of methoxy groups -OCH3 is 1. The monoisotopic (exact) mass is 290 g/mol. The van der Waals surface area contributed by atoms with Gasteiger partial charge in [0.15, 0.2) is 0 Å². The normalized spacial score (nSPS) is 20.9. The second kappa shape index (κ2) is 4.91. The van der Waals surface area contributed by atoms with E-state index >= 15 is 0 Å². The van der Waals surface area contributed by atoms with E-state index in [9.17, 15) is 14.9 Å². The van der Waals surface area contributed by atoms with E-state index in [1.54, 1.807) is 4.90 Å². The van der Waals surface area contributed by atoms with Crippen molar-refractivity contribution in [2.24, 2.45) is 5.92 Å². The Hall–Kier alpha value is -1.87. The van der Waals surface area contributed by atoms with Crippen molar-refractivity contribution in [3.05, 3.63) is 16.0 Å². The van der Waals surface area contributed by atoms with Crippen molar-refractivity contribution >= 4 is 28.2 Å². The summed E-state index contributed by atoms with van der Waals surface area (Å²) in [6, 6.07) is 2.23. The van der Waals surface area contributed by atoms with Gasteiger partial charge in [-0.05, 0) is 24.8 Å². The Balaban J connectivity index is 1.93. The summed E-state index contributed by atoms with van der Waals surface area (Å²) in [5.41, 5.74) is 1.73. The van der Waals surface area contributed by atoms with E-state index in [2.05, 4.69) is 6.07 Å². The summed E-state index contributed by atoms with van der Waals surface area (Å²) < 4.78 is 4.71. The van der Waals surface area contributed by atoms with Gasteiger partial charge in [-0.2, -0.15) is 5.26 Å². The van der Waals surface area contributed by atoms with Gasteiger partial charge in [-0.3, -0.25) is 9.59 Å². The largest absolute Gasteiger partial charge is 0.469 e. The van der Waals surface area contributed by atoms with Crippen LogP contribution in [0.25, 0.3) is 0 Å². The van der Waals surface area contributed by atoms with Gasteiger partial charge in [0.2, 0.25) is 5.91 Å². The Labute approximate surface area is 120 Å². The smallest absolute Gasteiger partial charge is 0.311 e. The van der Waals surface area contributed by atoms with E-state index in [1.807, 2.05) is 0 Å². The summed E-state index contributed by atoms with van der Waals surface area (Å²) in [7, 11) is 1.33. The molecule has 5 nitrogen and oxygen atoms in total. The molecule has 1 aromatic rings. The maximum atomic E-state index is 12.1. The summed E-state index contributed by atoms with van der Waals surface area (Å²) in [4.78, 5) is 26.5. The fourth-order valence-electron chi connectivity index (χ4n) is 2.92. The molecule has 1 unspecified atom stereocenters. The number of esters is 1. The number of fused-ring (bicyclic) bond motifs is 1. The zero-order chi connectivity index (χ0) is 14.3. The first-order valence-corrected chi connectivity index (χ1v) is 7.40. The molecule has 2 heterocycles. The van der Waals surface area contributed by atoms with Gasteiger partial charge in [-0.1, -0.05) is 0 Å². The highest BCUT2D eigenvalue weighted by Crippen LogP contribution is 2.42. The highest BCUT2D eigenvalue weighted by atomic mass is 32.1. The van der Waals surface area contributed by atoms with Gasteiger partial charge in [0.1, 0.15) is 11.1 Å². The molecule has 0 aromatic carbocycles. The molecule has 20 heavy (non-hydrogen) atoms. The summed E-state index contributed by atoms with van der Waals surface area (Å²) in [6.45, 7) is 0.319. The number of aryl methyl sites for hydroxylation is 1. The standard InChI is InChI=1S/C14H14N2O3S/c1-19-14(18)8-5-12(17)16(7-8)13-10(6-15)9-3-2-4-11(9)20-13/h8H,2-5,7H2,1H3. The molecule has 0 saturated carbocycles. The van der Waals surface area contributed by atoms with E-state index in [-0.39, 0.29) is 18.3 Å². The maximum Gasteiger partial charge on any atom is 0.311 e. The molecule has 1 amide bonds. The fraction of sp³-hybridized carbons (Fsp3) is 0.500. The molecule has 0 N–H and O–H groups in total. The highest BCUT2D eigenvalue weighted by Gasteiger charge is 2.38. The van der Waals surface area contributed by atoms with Crippen molar-refractivity contribution in [1.29, 1.82) is 5.26 Å². The summed E-state index contributed by atoms with van der Waals surface area (Å²) in [5, 5.41) is 10.1. The first kappa shape index (κ1) is 13.1. The van der Waals surface area contributed by atoms with Crippen LogP contribution in [0.5, 0.6) is 0 Å². The van der Waals surface area contributed by atoms with Crippen LogP contribution in [0, 0.1) is 17.2 Å². The quantitative estimate of drug-likeness (QED) is 0.776. The average Bonchev–Trinajstić information content (AvgIpc) is 3.10. The number of hydrogen-bond donors (Lipinski definition) is 0. The lowest BCUT2D eigenvalue weighted by Crippen LogP contribution is -2.26. The Morgan fingerprint density at radius 1 is 1.50 bits per heavy atom. The Morgan fingerprint density at radius 2 is 2.30 bits per heavy atom. The van der Waals surface area contributed by atoms with Gasteiger partial charge >= 0.3 is 5.97 Å². The molecule has 1 aromatic heterocycles. The van der Waals surface area contributed by atoms with Crippen molar-refractivity contribution in [2.75, 3.05) is 18.6 Å². The first-order valence-electron chi connectivity index (χ1n) is 6.58. The molecule has 1 atom stereocenters. The van der Waals surface area contributed by atoms with Crippen molar-refractivity contribution < 1.29 is 14.3 Å². The van der Waals surface area contributed by atoms with E-state index in [4.69, 9.17) is 4.74 Å². The molecule has 1 aliphatic heterocycles. The third-order valence-corrected chi connectivity index (χ3v) is 5.23. The number of ether oxygens (including phenoxy) is 1. The Morgan fingerprint density at radius 3 is 3.00 bits per heavy atom. The van der Waals surface area contributed by atoms with Crippen LogP contribution in [0.2, 0.25) is 0 Å². The Bertz CT molecular complexity index is 629. The zero-order valence-corrected chi connectivity index (χ0v) is 12.0. The van der Waals surface area contributed by atoms with Crippen LogP contribution in [-0.2, 0) is 27.2 Å². The molecule has 1 aliphatic carbocycles. The molecular formula is C14H14N2O3S. The number of hydrogen-bond acceptors (Lipinski definition) is 5. The van der Waals surface area contributed by atoms with Crippen LogP contribution in [0.3, 0.4) is 0 Å². The molecule has 6 heteroatoms. The summed E-state index contributed by atoms with van der Waals surface area (Å²) in [5.74, 6) is -0.878. The van der Waals surface area contributed by atoms with Gasteiger partial charge in [-0.25, -0.2) is 0 Å². The third kappa shape index (κ3) is 1.90. The second-order valence-corrected chi connectivity index (χ2v) is 6.16. The molecule has 2 aliphatic rings.